The van der Waals surface area contributed by atoms with Crippen molar-refractivity contribution in [1.82, 2.24) is 5.16 Å². The van der Waals surface area contributed by atoms with E-state index >= 15 is 0 Å². The molecule has 1 aromatic heterocycles. The van der Waals surface area contributed by atoms with Crippen molar-refractivity contribution in [2.24, 2.45) is 0 Å². The van der Waals surface area contributed by atoms with Crippen molar-refractivity contribution < 1.29 is 18.8 Å². The second-order valence-electron chi connectivity index (χ2n) is 4.11. The van der Waals surface area contributed by atoms with Crippen LogP contribution >= 0.6 is 0 Å². The van der Waals surface area contributed by atoms with Crippen molar-refractivity contribution in [3.8, 4) is 5.88 Å². The molecule has 5 heteroatoms. The van der Waals surface area contributed by atoms with Gasteiger partial charge in [-0.25, -0.2) is 0 Å². The van der Waals surface area contributed by atoms with Crippen molar-refractivity contribution in [1.29, 1.82) is 0 Å². The van der Waals surface area contributed by atoms with Crippen LogP contribution in [-0.4, -0.2) is 11.1 Å². The molecule has 0 amide bonds. The average molecular weight is 273 g/mol. The fourth-order valence-corrected chi connectivity index (χ4v) is 1.61. The molecule has 0 saturated carbocycles. The van der Waals surface area contributed by atoms with Gasteiger partial charge < -0.3 is 14.0 Å². The molecule has 104 valence electrons. The molecule has 1 atom stereocenters. The van der Waals surface area contributed by atoms with Gasteiger partial charge in [0.25, 0.3) is 5.88 Å². The Morgan fingerprint density at radius 3 is 2.85 bits per heavy atom. The highest BCUT2D eigenvalue weighted by Gasteiger charge is 2.17. The van der Waals surface area contributed by atoms with Gasteiger partial charge in [-0.1, -0.05) is 36.9 Å². The Balaban J connectivity index is 1.98. The lowest BCUT2D eigenvalue weighted by Gasteiger charge is -2.07. The summed E-state index contributed by atoms with van der Waals surface area (Å²) in [6.07, 6.45) is 0.803. The number of ether oxygens (including phenoxy) is 2. The van der Waals surface area contributed by atoms with Crippen molar-refractivity contribution in [3.05, 3.63) is 60.4 Å². The number of benzene rings is 1. The standard InChI is InChI=1S/C15H15NO4/c1-3-13(19-11(2)17)14-9-15(16-20-14)18-10-12-7-5-4-6-8-12/h3-9,13H,1,10H2,2H3/t13-/m1/s1. The van der Waals surface area contributed by atoms with Crippen LogP contribution in [0.2, 0.25) is 0 Å². The Bertz CT molecular complexity index is 577. The van der Waals surface area contributed by atoms with Crippen LogP contribution in [0.5, 0.6) is 5.88 Å². The molecule has 0 fully saturated rings. The number of carbonyl (C=O) groups excluding carboxylic acids is 1. The molecule has 0 unspecified atom stereocenters. The molecule has 0 aliphatic rings. The van der Waals surface area contributed by atoms with E-state index in [9.17, 15) is 4.79 Å². The predicted octanol–water partition coefficient (Wildman–Crippen LogP) is 3.04. The number of hydrogen-bond donors (Lipinski definition) is 0. The highest BCUT2D eigenvalue weighted by atomic mass is 16.6. The number of nitrogens with zero attached hydrogens (tertiary/aromatic N) is 1. The summed E-state index contributed by atoms with van der Waals surface area (Å²) in [6.45, 7) is 5.29. The summed E-state index contributed by atoms with van der Waals surface area (Å²) in [4.78, 5) is 10.9. The Morgan fingerprint density at radius 2 is 2.20 bits per heavy atom. The second-order valence-corrected chi connectivity index (χ2v) is 4.11. The maximum Gasteiger partial charge on any atom is 0.303 e. The molecule has 0 aliphatic carbocycles. The summed E-state index contributed by atoms with van der Waals surface area (Å²) in [5, 5.41) is 3.77. The summed E-state index contributed by atoms with van der Waals surface area (Å²) in [7, 11) is 0. The number of carbonyl (C=O) groups is 1. The van der Waals surface area contributed by atoms with E-state index in [0.29, 0.717) is 18.2 Å². The molecule has 2 aromatic rings. The lowest BCUT2D eigenvalue weighted by Crippen LogP contribution is -2.04. The molecule has 2 rings (SSSR count). The first kappa shape index (κ1) is 13.9. The maximum absolute atomic E-state index is 10.9. The first-order valence-electron chi connectivity index (χ1n) is 6.12. The largest absolute Gasteiger partial charge is 0.471 e. The van der Waals surface area contributed by atoms with Gasteiger partial charge in [-0.15, -0.1) is 0 Å². The van der Waals surface area contributed by atoms with E-state index in [4.69, 9.17) is 14.0 Å². The highest BCUT2D eigenvalue weighted by molar-refractivity contribution is 5.66. The van der Waals surface area contributed by atoms with Gasteiger partial charge in [0.15, 0.2) is 11.9 Å². The topological polar surface area (TPSA) is 61.6 Å². The Hall–Kier alpha value is -2.56. The summed E-state index contributed by atoms with van der Waals surface area (Å²) in [6, 6.07) is 11.3. The molecule has 0 N–H and O–H groups in total. The molecule has 1 aromatic carbocycles. The predicted molar refractivity (Wildman–Crippen MR) is 72.0 cm³/mol. The monoisotopic (exact) mass is 273 g/mol. The van der Waals surface area contributed by atoms with Crippen molar-refractivity contribution in [2.75, 3.05) is 0 Å². The molecule has 0 spiro atoms. The summed E-state index contributed by atoms with van der Waals surface area (Å²) >= 11 is 0. The first-order valence-corrected chi connectivity index (χ1v) is 6.12. The van der Waals surface area contributed by atoms with E-state index in [0.717, 1.165) is 5.56 Å². The smallest absolute Gasteiger partial charge is 0.303 e. The van der Waals surface area contributed by atoms with E-state index in [1.807, 2.05) is 30.3 Å². The van der Waals surface area contributed by atoms with Gasteiger partial charge in [-0.2, -0.15) is 0 Å². The lowest BCUT2D eigenvalue weighted by molar-refractivity contribution is -0.145. The van der Waals surface area contributed by atoms with E-state index < -0.39 is 12.1 Å². The SMILES string of the molecule is C=C[C@@H](OC(C)=O)c1cc(OCc2ccccc2)no1. The molecule has 20 heavy (non-hydrogen) atoms. The average Bonchev–Trinajstić information content (AvgIpc) is 2.92. The van der Waals surface area contributed by atoms with Gasteiger partial charge in [0.1, 0.15) is 6.61 Å². The molecule has 0 bridgehead atoms. The number of rotatable bonds is 6. The van der Waals surface area contributed by atoms with Crippen molar-refractivity contribution in [3.63, 3.8) is 0 Å². The van der Waals surface area contributed by atoms with Crippen LogP contribution in [0.3, 0.4) is 0 Å². The van der Waals surface area contributed by atoms with Crippen LogP contribution in [0.25, 0.3) is 0 Å². The van der Waals surface area contributed by atoms with Crippen LogP contribution in [0.15, 0.2) is 53.6 Å². The quantitative estimate of drug-likeness (QED) is 0.598. The Morgan fingerprint density at radius 1 is 1.45 bits per heavy atom. The second kappa shape index (κ2) is 6.56. The molecule has 1 heterocycles. The molecule has 5 nitrogen and oxygen atoms in total. The zero-order valence-electron chi connectivity index (χ0n) is 11.1. The summed E-state index contributed by atoms with van der Waals surface area (Å²) < 4.78 is 15.6. The molecular weight excluding hydrogens is 258 g/mol. The molecule has 0 aliphatic heterocycles. The zero-order chi connectivity index (χ0) is 14.4. The van der Waals surface area contributed by atoms with Gasteiger partial charge >= 0.3 is 5.97 Å². The van der Waals surface area contributed by atoms with Crippen molar-refractivity contribution >= 4 is 5.97 Å². The van der Waals surface area contributed by atoms with E-state index in [-0.39, 0.29) is 0 Å². The fraction of sp³-hybridized carbons (Fsp3) is 0.200. The van der Waals surface area contributed by atoms with Gasteiger partial charge in [0, 0.05) is 13.0 Å². The highest BCUT2D eigenvalue weighted by Crippen LogP contribution is 2.23. The van der Waals surface area contributed by atoms with Crippen LogP contribution in [-0.2, 0) is 16.1 Å². The third-order valence-electron chi connectivity index (χ3n) is 2.52. The number of hydrogen-bond acceptors (Lipinski definition) is 5. The zero-order valence-corrected chi connectivity index (χ0v) is 11.1. The van der Waals surface area contributed by atoms with Crippen LogP contribution in [0, 0.1) is 0 Å². The maximum atomic E-state index is 10.9. The minimum absolute atomic E-state index is 0.336. The number of esters is 1. The molecule has 0 saturated heterocycles. The van der Waals surface area contributed by atoms with Gasteiger partial charge in [-0.3, -0.25) is 4.79 Å². The van der Waals surface area contributed by atoms with E-state index in [1.165, 1.54) is 13.0 Å². The lowest BCUT2D eigenvalue weighted by atomic mass is 10.2. The number of aromatic nitrogens is 1. The summed E-state index contributed by atoms with van der Waals surface area (Å²) in [5.74, 6) is 0.291. The van der Waals surface area contributed by atoms with Crippen LogP contribution in [0.1, 0.15) is 24.4 Å². The third-order valence-corrected chi connectivity index (χ3v) is 2.52. The van der Waals surface area contributed by atoms with E-state index in [2.05, 4.69) is 11.7 Å². The summed E-state index contributed by atoms with van der Waals surface area (Å²) in [5.41, 5.74) is 1.03. The van der Waals surface area contributed by atoms with Crippen LogP contribution in [0.4, 0.5) is 0 Å². The Labute approximate surface area is 116 Å². The van der Waals surface area contributed by atoms with Crippen LogP contribution < -0.4 is 4.74 Å². The van der Waals surface area contributed by atoms with Gasteiger partial charge in [-0.05, 0) is 16.8 Å². The van der Waals surface area contributed by atoms with E-state index in [1.54, 1.807) is 6.07 Å². The first-order chi connectivity index (χ1) is 9.69. The van der Waals surface area contributed by atoms with Gasteiger partial charge in [0.2, 0.25) is 0 Å². The minimum atomic E-state index is -0.658. The van der Waals surface area contributed by atoms with Gasteiger partial charge in [0.05, 0.1) is 0 Å². The molecular formula is C15H15NO4. The molecule has 0 radical (unpaired) electrons. The fourth-order valence-electron chi connectivity index (χ4n) is 1.61. The normalized spacial score (nSPS) is 11.7. The van der Waals surface area contributed by atoms with Crippen molar-refractivity contribution in [2.45, 2.75) is 19.6 Å². The minimum Gasteiger partial charge on any atom is -0.471 e. The Kier molecular flexibility index (Phi) is 4.55. The third kappa shape index (κ3) is 3.71.